The maximum Gasteiger partial charge on any atom is 0.253 e. The number of amides is 1. The lowest BCUT2D eigenvalue weighted by Gasteiger charge is -2.32. The first-order chi connectivity index (χ1) is 8.61. The number of hydrogen-bond acceptors (Lipinski definition) is 2. The van der Waals surface area contributed by atoms with E-state index in [4.69, 9.17) is 11.6 Å². The summed E-state index contributed by atoms with van der Waals surface area (Å²) in [6.07, 6.45) is 2.20. The lowest BCUT2D eigenvalue weighted by Crippen LogP contribution is -2.46. The Morgan fingerprint density at radius 3 is 2.84 bits per heavy atom. The van der Waals surface area contributed by atoms with Gasteiger partial charge in [0.1, 0.15) is 0 Å². The number of carbonyl (C=O) groups is 1. The molecule has 1 heterocycles. The summed E-state index contributed by atoms with van der Waals surface area (Å²) >= 11 is 5.98. The highest BCUT2D eigenvalue weighted by atomic mass is 35.5. The summed E-state index contributed by atoms with van der Waals surface area (Å²) in [5, 5.41) is 3.95. The summed E-state index contributed by atoms with van der Waals surface area (Å²) in [5.41, 5.74) is 1.68. The molecule has 1 unspecified atom stereocenters. The van der Waals surface area contributed by atoms with Gasteiger partial charge in [-0.05, 0) is 50.6 Å². The Kier molecular flexibility index (Phi) is 6.11. The molecule has 1 aromatic carbocycles. The van der Waals surface area contributed by atoms with E-state index in [-0.39, 0.29) is 18.3 Å². The minimum Gasteiger partial charge on any atom is -0.337 e. The second-order valence-corrected chi connectivity index (χ2v) is 5.25. The zero-order chi connectivity index (χ0) is 13.1. The van der Waals surface area contributed by atoms with Crippen molar-refractivity contribution >= 4 is 29.9 Å². The monoisotopic (exact) mass is 302 g/mol. The van der Waals surface area contributed by atoms with Crippen molar-refractivity contribution in [3.05, 3.63) is 34.3 Å². The summed E-state index contributed by atoms with van der Waals surface area (Å²) in [6, 6.07) is 5.88. The fourth-order valence-electron chi connectivity index (χ4n) is 2.36. The highest BCUT2D eigenvalue weighted by Gasteiger charge is 2.23. The van der Waals surface area contributed by atoms with Crippen molar-refractivity contribution in [2.75, 3.05) is 20.1 Å². The molecule has 5 heteroatoms. The number of carbonyl (C=O) groups excluding carboxylic acids is 1. The molecular formula is C14H20Cl2N2O. The maximum atomic E-state index is 12.4. The van der Waals surface area contributed by atoms with E-state index in [0.717, 1.165) is 37.1 Å². The smallest absolute Gasteiger partial charge is 0.253 e. The number of likely N-dealkylation sites (tertiary alicyclic amines) is 1. The van der Waals surface area contributed by atoms with Crippen LogP contribution < -0.4 is 5.32 Å². The van der Waals surface area contributed by atoms with E-state index in [2.05, 4.69) is 5.32 Å². The molecule has 106 valence electrons. The van der Waals surface area contributed by atoms with Crippen molar-refractivity contribution in [2.45, 2.75) is 25.8 Å². The van der Waals surface area contributed by atoms with E-state index in [1.165, 1.54) is 0 Å². The molecule has 0 aromatic heterocycles. The summed E-state index contributed by atoms with van der Waals surface area (Å²) in [6.45, 7) is 3.56. The van der Waals surface area contributed by atoms with Gasteiger partial charge in [-0.15, -0.1) is 12.4 Å². The number of rotatable bonds is 2. The van der Waals surface area contributed by atoms with Gasteiger partial charge in [-0.25, -0.2) is 0 Å². The molecule has 19 heavy (non-hydrogen) atoms. The lowest BCUT2D eigenvalue weighted by molar-refractivity contribution is 0.0698. The minimum absolute atomic E-state index is 0. The molecule has 1 amide bonds. The fourth-order valence-corrected chi connectivity index (χ4v) is 2.48. The molecule has 0 saturated carbocycles. The lowest BCUT2D eigenvalue weighted by atomic mass is 10.0. The molecule has 1 N–H and O–H groups in total. The Morgan fingerprint density at radius 1 is 1.47 bits per heavy atom. The van der Waals surface area contributed by atoms with Crippen LogP contribution in [0.15, 0.2) is 18.2 Å². The standard InChI is InChI=1S/C14H19ClN2O.ClH/c1-10-8-11(5-6-13(10)15)14(18)17-7-3-4-12(9-17)16-2;/h5-6,8,12,16H,3-4,7,9H2,1-2H3;1H. The molecule has 0 aliphatic carbocycles. The van der Waals surface area contributed by atoms with Crippen LogP contribution in [0.4, 0.5) is 0 Å². The topological polar surface area (TPSA) is 32.3 Å². The molecule has 1 aromatic rings. The third-order valence-electron chi connectivity index (χ3n) is 3.52. The first-order valence-corrected chi connectivity index (χ1v) is 6.72. The molecule has 1 saturated heterocycles. The van der Waals surface area contributed by atoms with E-state index < -0.39 is 0 Å². The van der Waals surface area contributed by atoms with E-state index in [1.807, 2.05) is 24.9 Å². The van der Waals surface area contributed by atoms with Crippen LogP contribution in [0.1, 0.15) is 28.8 Å². The molecule has 0 bridgehead atoms. The van der Waals surface area contributed by atoms with Crippen LogP contribution in [0.25, 0.3) is 0 Å². The maximum absolute atomic E-state index is 12.4. The SMILES string of the molecule is CNC1CCCN(C(=O)c2ccc(Cl)c(C)c2)C1.Cl. The molecule has 1 fully saturated rings. The first-order valence-electron chi connectivity index (χ1n) is 6.34. The van der Waals surface area contributed by atoms with Crippen LogP contribution in [0.5, 0.6) is 0 Å². The Labute approximate surface area is 125 Å². The van der Waals surface area contributed by atoms with Crippen molar-refractivity contribution in [1.82, 2.24) is 10.2 Å². The number of likely N-dealkylation sites (N-methyl/N-ethyl adjacent to an activating group) is 1. The van der Waals surface area contributed by atoms with E-state index in [1.54, 1.807) is 12.1 Å². The number of hydrogen-bond donors (Lipinski definition) is 1. The minimum atomic E-state index is 0. The number of benzene rings is 1. The zero-order valence-corrected chi connectivity index (χ0v) is 12.9. The van der Waals surface area contributed by atoms with Gasteiger partial charge >= 0.3 is 0 Å². The van der Waals surface area contributed by atoms with Crippen LogP contribution in [-0.4, -0.2) is 37.0 Å². The summed E-state index contributed by atoms with van der Waals surface area (Å²) in [7, 11) is 1.95. The second kappa shape index (κ2) is 7.13. The predicted octanol–water partition coefficient (Wildman–Crippen LogP) is 2.89. The van der Waals surface area contributed by atoms with Crippen molar-refractivity contribution < 1.29 is 4.79 Å². The van der Waals surface area contributed by atoms with Gasteiger partial charge in [0, 0.05) is 29.7 Å². The molecule has 0 radical (unpaired) electrons. The fraction of sp³-hybridized carbons (Fsp3) is 0.500. The largest absolute Gasteiger partial charge is 0.337 e. The number of aryl methyl sites for hydroxylation is 1. The molecule has 0 spiro atoms. The number of piperidine rings is 1. The third kappa shape index (κ3) is 3.85. The molecular weight excluding hydrogens is 283 g/mol. The van der Waals surface area contributed by atoms with Crippen LogP contribution in [0.2, 0.25) is 5.02 Å². The number of halogens is 2. The Morgan fingerprint density at radius 2 is 2.21 bits per heavy atom. The molecule has 1 atom stereocenters. The summed E-state index contributed by atoms with van der Waals surface area (Å²) < 4.78 is 0. The highest BCUT2D eigenvalue weighted by Crippen LogP contribution is 2.19. The van der Waals surface area contributed by atoms with Crippen LogP contribution in [0.3, 0.4) is 0 Å². The van der Waals surface area contributed by atoms with Crippen LogP contribution in [0, 0.1) is 6.92 Å². The Balaban J connectivity index is 0.00000180. The molecule has 3 nitrogen and oxygen atoms in total. The average molecular weight is 303 g/mol. The Hall–Kier alpha value is -0.770. The number of nitrogens with zero attached hydrogens (tertiary/aromatic N) is 1. The molecule has 2 rings (SSSR count). The van der Waals surface area contributed by atoms with Gasteiger partial charge in [-0.1, -0.05) is 11.6 Å². The predicted molar refractivity (Wildman–Crippen MR) is 81.4 cm³/mol. The van der Waals surface area contributed by atoms with Gasteiger partial charge in [0.2, 0.25) is 0 Å². The van der Waals surface area contributed by atoms with Gasteiger partial charge in [-0.3, -0.25) is 4.79 Å². The van der Waals surface area contributed by atoms with Crippen molar-refractivity contribution in [2.24, 2.45) is 0 Å². The van der Waals surface area contributed by atoms with Gasteiger partial charge in [-0.2, -0.15) is 0 Å². The second-order valence-electron chi connectivity index (χ2n) is 4.84. The van der Waals surface area contributed by atoms with Crippen LogP contribution >= 0.6 is 24.0 Å². The normalized spacial score (nSPS) is 18.9. The van der Waals surface area contributed by atoms with Crippen LogP contribution in [-0.2, 0) is 0 Å². The first kappa shape index (κ1) is 16.3. The van der Waals surface area contributed by atoms with Crippen molar-refractivity contribution in [3.63, 3.8) is 0 Å². The average Bonchev–Trinajstić information content (AvgIpc) is 2.41. The Bertz CT molecular complexity index is 451. The quantitative estimate of drug-likeness (QED) is 0.911. The summed E-state index contributed by atoms with van der Waals surface area (Å²) in [4.78, 5) is 14.3. The van der Waals surface area contributed by atoms with Gasteiger partial charge < -0.3 is 10.2 Å². The summed E-state index contributed by atoms with van der Waals surface area (Å²) in [5.74, 6) is 0.106. The van der Waals surface area contributed by atoms with E-state index >= 15 is 0 Å². The van der Waals surface area contributed by atoms with E-state index in [9.17, 15) is 4.79 Å². The van der Waals surface area contributed by atoms with Gasteiger partial charge in [0.05, 0.1) is 0 Å². The zero-order valence-electron chi connectivity index (χ0n) is 11.3. The van der Waals surface area contributed by atoms with Gasteiger partial charge in [0.15, 0.2) is 0 Å². The number of nitrogens with one attached hydrogen (secondary N) is 1. The highest BCUT2D eigenvalue weighted by molar-refractivity contribution is 6.31. The van der Waals surface area contributed by atoms with Crippen molar-refractivity contribution in [3.8, 4) is 0 Å². The van der Waals surface area contributed by atoms with E-state index in [0.29, 0.717) is 11.1 Å². The van der Waals surface area contributed by atoms with Gasteiger partial charge in [0.25, 0.3) is 5.91 Å². The molecule has 1 aliphatic rings. The van der Waals surface area contributed by atoms with Crippen molar-refractivity contribution in [1.29, 1.82) is 0 Å². The molecule has 1 aliphatic heterocycles. The third-order valence-corrected chi connectivity index (χ3v) is 3.95.